The van der Waals surface area contributed by atoms with Crippen molar-refractivity contribution in [2.45, 2.75) is 13.0 Å². The molecule has 0 aliphatic heterocycles. The van der Waals surface area contributed by atoms with Crippen LogP contribution >= 0.6 is 0 Å². The summed E-state index contributed by atoms with van der Waals surface area (Å²) in [6.45, 7) is 1.57. The number of nitrogens with zero attached hydrogens (tertiary/aromatic N) is 1. The van der Waals surface area contributed by atoms with E-state index in [1.54, 1.807) is 33.2 Å². The van der Waals surface area contributed by atoms with Gasteiger partial charge in [-0.15, -0.1) is 0 Å². The summed E-state index contributed by atoms with van der Waals surface area (Å²) >= 11 is 0. The lowest BCUT2D eigenvalue weighted by molar-refractivity contribution is -0.137. The zero-order chi connectivity index (χ0) is 14.7. The van der Waals surface area contributed by atoms with E-state index >= 15 is 0 Å². The first-order valence-corrected chi connectivity index (χ1v) is 6.40. The molecule has 1 atom stereocenters. The van der Waals surface area contributed by atoms with Gasteiger partial charge in [0.15, 0.2) is 6.10 Å². The van der Waals surface area contributed by atoms with Gasteiger partial charge in [0.2, 0.25) is 0 Å². The second-order valence-electron chi connectivity index (χ2n) is 4.84. The minimum absolute atomic E-state index is 0.237. The summed E-state index contributed by atoms with van der Waals surface area (Å²) in [5.41, 5.74) is 0.446. The number of fused-ring (bicyclic) bond motifs is 1. The first-order chi connectivity index (χ1) is 9.49. The molecule has 0 aliphatic carbocycles. The molecule has 0 fully saturated rings. The molecule has 0 spiro atoms. The highest BCUT2D eigenvalue weighted by Gasteiger charge is 2.20. The highest BCUT2D eigenvalue weighted by molar-refractivity contribution is 5.96. The minimum atomic E-state index is -0.788. The molecule has 0 bridgehead atoms. The number of amides is 1. The van der Waals surface area contributed by atoms with Crippen molar-refractivity contribution in [1.29, 1.82) is 0 Å². The molecule has 1 amide bonds. The lowest BCUT2D eigenvalue weighted by Crippen LogP contribution is -2.34. The maximum Gasteiger partial charge on any atom is 0.338 e. The largest absolute Gasteiger partial charge is 0.449 e. The monoisotopic (exact) mass is 271 g/mol. The highest BCUT2D eigenvalue weighted by Crippen LogP contribution is 2.16. The van der Waals surface area contributed by atoms with E-state index in [0.29, 0.717) is 5.56 Å². The fourth-order valence-electron chi connectivity index (χ4n) is 1.96. The number of benzene rings is 2. The average Bonchev–Trinajstić information content (AvgIpc) is 2.45. The van der Waals surface area contributed by atoms with E-state index in [0.717, 1.165) is 10.8 Å². The Bertz CT molecular complexity index is 649. The Morgan fingerprint density at radius 1 is 1.05 bits per heavy atom. The van der Waals surface area contributed by atoms with Crippen molar-refractivity contribution in [1.82, 2.24) is 4.90 Å². The molecule has 2 rings (SSSR count). The molecule has 0 N–H and O–H groups in total. The maximum absolute atomic E-state index is 12.0. The Hall–Kier alpha value is -2.36. The van der Waals surface area contributed by atoms with Gasteiger partial charge in [-0.05, 0) is 29.8 Å². The third-order valence-electron chi connectivity index (χ3n) is 3.06. The van der Waals surface area contributed by atoms with Crippen molar-refractivity contribution in [3.63, 3.8) is 0 Å². The van der Waals surface area contributed by atoms with Crippen LogP contribution in [0.4, 0.5) is 0 Å². The van der Waals surface area contributed by atoms with Crippen LogP contribution in [0.5, 0.6) is 0 Å². The van der Waals surface area contributed by atoms with Crippen LogP contribution in [0, 0.1) is 0 Å². The molecule has 0 radical (unpaired) electrons. The minimum Gasteiger partial charge on any atom is -0.449 e. The van der Waals surface area contributed by atoms with Gasteiger partial charge in [-0.1, -0.05) is 30.3 Å². The number of hydrogen-bond donors (Lipinski definition) is 0. The van der Waals surface area contributed by atoms with E-state index in [1.165, 1.54) is 4.90 Å². The Labute approximate surface area is 117 Å². The fraction of sp³-hybridized carbons (Fsp3) is 0.250. The zero-order valence-corrected chi connectivity index (χ0v) is 11.8. The molecule has 4 nitrogen and oxygen atoms in total. The van der Waals surface area contributed by atoms with Crippen molar-refractivity contribution < 1.29 is 14.3 Å². The smallest absolute Gasteiger partial charge is 0.338 e. The lowest BCUT2D eigenvalue weighted by atomic mass is 10.1. The van der Waals surface area contributed by atoms with Gasteiger partial charge in [0.05, 0.1) is 5.56 Å². The second-order valence-corrected chi connectivity index (χ2v) is 4.84. The molecule has 104 valence electrons. The van der Waals surface area contributed by atoms with Crippen molar-refractivity contribution in [2.24, 2.45) is 0 Å². The number of likely N-dealkylation sites (N-methyl/N-ethyl adjacent to an activating group) is 1. The van der Waals surface area contributed by atoms with Gasteiger partial charge in [-0.2, -0.15) is 0 Å². The molecule has 20 heavy (non-hydrogen) atoms. The Kier molecular flexibility index (Phi) is 4.03. The molecule has 2 aromatic carbocycles. The molecule has 0 heterocycles. The SMILES string of the molecule is C[C@@H](OC(=O)c1ccc2ccccc2c1)C(=O)N(C)C. The summed E-state index contributed by atoms with van der Waals surface area (Å²) < 4.78 is 5.18. The van der Waals surface area contributed by atoms with Gasteiger partial charge in [0.1, 0.15) is 0 Å². The molecule has 0 aromatic heterocycles. The van der Waals surface area contributed by atoms with Crippen LogP contribution in [0.25, 0.3) is 10.8 Å². The summed E-state index contributed by atoms with van der Waals surface area (Å²) in [6, 6.07) is 13.1. The topological polar surface area (TPSA) is 46.6 Å². The molecule has 0 aliphatic rings. The summed E-state index contributed by atoms with van der Waals surface area (Å²) in [7, 11) is 3.26. The number of rotatable bonds is 3. The standard InChI is InChI=1S/C16H17NO3/c1-11(15(18)17(2)3)20-16(19)14-9-8-12-6-4-5-7-13(12)10-14/h4-11H,1-3H3/t11-/m1/s1. The van der Waals surface area contributed by atoms with Crippen molar-refractivity contribution in [3.8, 4) is 0 Å². The number of carbonyl (C=O) groups excluding carboxylic acids is 2. The summed E-state index contributed by atoms with van der Waals surface area (Å²) in [5.74, 6) is -0.724. The van der Waals surface area contributed by atoms with Crippen LogP contribution in [0.2, 0.25) is 0 Å². The lowest BCUT2D eigenvalue weighted by Gasteiger charge is -2.17. The Morgan fingerprint density at radius 2 is 1.70 bits per heavy atom. The third kappa shape index (κ3) is 2.96. The van der Waals surface area contributed by atoms with Crippen molar-refractivity contribution in [2.75, 3.05) is 14.1 Å². The molecular formula is C16H17NO3. The number of esters is 1. The average molecular weight is 271 g/mol. The van der Waals surface area contributed by atoms with Gasteiger partial charge in [0, 0.05) is 14.1 Å². The van der Waals surface area contributed by atoms with Gasteiger partial charge in [-0.25, -0.2) is 4.79 Å². The van der Waals surface area contributed by atoms with Gasteiger partial charge in [0.25, 0.3) is 5.91 Å². The van der Waals surface area contributed by atoms with Crippen LogP contribution in [0.15, 0.2) is 42.5 Å². The van der Waals surface area contributed by atoms with E-state index in [4.69, 9.17) is 4.74 Å². The first kappa shape index (κ1) is 14.1. The van der Waals surface area contributed by atoms with Gasteiger partial charge < -0.3 is 9.64 Å². The maximum atomic E-state index is 12.0. The van der Waals surface area contributed by atoms with Crippen LogP contribution in [0.3, 0.4) is 0 Å². The zero-order valence-electron chi connectivity index (χ0n) is 11.8. The Balaban J connectivity index is 2.17. The van der Waals surface area contributed by atoms with Crippen LogP contribution < -0.4 is 0 Å². The summed E-state index contributed by atoms with van der Waals surface area (Å²) in [4.78, 5) is 25.1. The number of carbonyl (C=O) groups is 2. The molecule has 4 heteroatoms. The second kappa shape index (κ2) is 5.74. The quantitative estimate of drug-likeness (QED) is 0.806. The van der Waals surface area contributed by atoms with Crippen LogP contribution in [0.1, 0.15) is 17.3 Å². The molecule has 0 saturated carbocycles. The molecule has 0 unspecified atom stereocenters. The van der Waals surface area contributed by atoms with E-state index in [1.807, 2.05) is 30.3 Å². The Morgan fingerprint density at radius 3 is 2.35 bits per heavy atom. The van der Waals surface area contributed by atoms with Crippen LogP contribution in [-0.4, -0.2) is 37.0 Å². The third-order valence-corrected chi connectivity index (χ3v) is 3.06. The van der Waals surface area contributed by atoms with E-state index in [9.17, 15) is 9.59 Å². The predicted molar refractivity (Wildman–Crippen MR) is 77.5 cm³/mol. The number of ether oxygens (including phenoxy) is 1. The summed E-state index contributed by atoms with van der Waals surface area (Å²) in [5, 5.41) is 2.02. The van der Waals surface area contributed by atoms with Gasteiger partial charge >= 0.3 is 5.97 Å². The summed E-state index contributed by atoms with van der Waals surface area (Å²) in [6.07, 6.45) is -0.788. The molecule has 0 saturated heterocycles. The van der Waals surface area contributed by atoms with E-state index in [2.05, 4.69) is 0 Å². The number of hydrogen-bond acceptors (Lipinski definition) is 3. The first-order valence-electron chi connectivity index (χ1n) is 6.40. The fourth-order valence-corrected chi connectivity index (χ4v) is 1.96. The molecule has 2 aromatic rings. The van der Waals surface area contributed by atoms with Crippen LogP contribution in [-0.2, 0) is 9.53 Å². The van der Waals surface area contributed by atoms with Gasteiger partial charge in [-0.3, -0.25) is 4.79 Å². The van der Waals surface area contributed by atoms with Crippen molar-refractivity contribution in [3.05, 3.63) is 48.0 Å². The van der Waals surface area contributed by atoms with Crippen molar-refractivity contribution >= 4 is 22.6 Å². The van der Waals surface area contributed by atoms with E-state index < -0.39 is 12.1 Å². The van der Waals surface area contributed by atoms with E-state index in [-0.39, 0.29) is 5.91 Å². The predicted octanol–water partition coefficient (Wildman–Crippen LogP) is 2.47. The normalized spacial score (nSPS) is 11.9. The highest BCUT2D eigenvalue weighted by atomic mass is 16.5. The molecular weight excluding hydrogens is 254 g/mol.